The molecular weight excluding hydrogens is 322 g/mol. The number of nitrogens with zero attached hydrogens (tertiary/aromatic N) is 2. The van der Waals surface area contributed by atoms with E-state index in [4.69, 9.17) is 0 Å². The first kappa shape index (κ1) is 17.4. The second kappa shape index (κ2) is 7.68. The van der Waals surface area contributed by atoms with Crippen molar-refractivity contribution in [1.29, 1.82) is 0 Å². The smallest absolute Gasteiger partial charge is 0.0914 e. The van der Waals surface area contributed by atoms with Crippen molar-refractivity contribution in [2.45, 2.75) is 43.9 Å². The summed E-state index contributed by atoms with van der Waals surface area (Å²) in [5.41, 5.74) is 3.72. The van der Waals surface area contributed by atoms with Crippen molar-refractivity contribution in [3.05, 3.63) is 60.2 Å². The van der Waals surface area contributed by atoms with Gasteiger partial charge in [-0.2, -0.15) is 0 Å². The minimum atomic E-state index is -0.473. The summed E-state index contributed by atoms with van der Waals surface area (Å²) in [6.45, 7) is 1.42. The quantitative estimate of drug-likeness (QED) is 0.835. The highest BCUT2D eigenvalue weighted by Crippen LogP contribution is 2.44. The Morgan fingerprint density at radius 1 is 1.00 bits per heavy atom. The maximum absolute atomic E-state index is 11.0. The second-order valence-electron chi connectivity index (χ2n) is 7.49. The molecule has 0 bridgehead atoms. The third kappa shape index (κ3) is 3.19. The summed E-state index contributed by atoms with van der Waals surface area (Å²) in [4.78, 5) is 4.95. The largest absolute Gasteiger partial charge is 0.389 e. The van der Waals surface area contributed by atoms with Crippen LogP contribution in [0.1, 0.15) is 37.3 Å². The summed E-state index contributed by atoms with van der Waals surface area (Å²) in [6.07, 6.45) is 4.73. The van der Waals surface area contributed by atoms with Gasteiger partial charge in [-0.15, -0.1) is 0 Å². The molecule has 2 unspecified atom stereocenters. The number of aliphatic hydroxyl groups is 1. The molecule has 26 heavy (non-hydrogen) atoms. The third-order valence-electron chi connectivity index (χ3n) is 5.83. The van der Waals surface area contributed by atoms with Crippen LogP contribution in [0.5, 0.6) is 0 Å². The molecule has 1 fully saturated rings. The van der Waals surface area contributed by atoms with E-state index >= 15 is 0 Å². The van der Waals surface area contributed by atoms with Gasteiger partial charge in [-0.3, -0.25) is 0 Å². The van der Waals surface area contributed by atoms with E-state index in [0.29, 0.717) is 12.6 Å². The maximum Gasteiger partial charge on any atom is 0.0914 e. The number of hydrogen-bond acceptors (Lipinski definition) is 4. The third-order valence-corrected chi connectivity index (χ3v) is 5.83. The highest BCUT2D eigenvalue weighted by Gasteiger charge is 2.38. The predicted octanol–water partition coefficient (Wildman–Crippen LogP) is 3.53. The summed E-state index contributed by atoms with van der Waals surface area (Å²) in [6, 6.07) is 19.7. The molecular formula is C22H29N3O. The molecule has 138 valence electrons. The lowest BCUT2D eigenvalue weighted by molar-refractivity contribution is 0.141. The molecule has 2 N–H and O–H groups in total. The fraction of sp³-hybridized carbons (Fsp3) is 0.455. The van der Waals surface area contributed by atoms with E-state index < -0.39 is 6.10 Å². The Kier molecular flexibility index (Phi) is 5.14. The highest BCUT2D eigenvalue weighted by molar-refractivity contribution is 5.77. The van der Waals surface area contributed by atoms with Crippen LogP contribution in [0.25, 0.3) is 0 Å². The number of nitrogens with one attached hydrogen (secondary N) is 1. The number of likely N-dealkylation sites (N-methyl/N-ethyl adjacent to an activating group) is 1. The van der Waals surface area contributed by atoms with Gasteiger partial charge < -0.3 is 20.2 Å². The minimum absolute atomic E-state index is 0.0591. The molecule has 2 atom stereocenters. The molecule has 4 rings (SSSR count). The van der Waals surface area contributed by atoms with Gasteiger partial charge in [0, 0.05) is 12.6 Å². The van der Waals surface area contributed by atoms with Crippen LogP contribution in [-0.4, -0.2) is 37.5 Å². The summed E-state index contributed by atoms with van der Waals surface area (Å²) in [5, 5.41) is 14.1. The van der Waals surface area contributed by atoms with Crippen LogP contribution in [0.4, 0.5) is 11.4 Å². The standard InChI is InChI=1S/C22H29N3O/c1-23-15-21(26)22(17-9-3-2-4-10-17)25-16-24(18-11-5-6-12-18)19-13-7-8-14-20(19)25/h2-4,7-10,13-14,18,21-23,26H,5-6,11-12,15-16H2,1H3. The highest BCUT2D eigenvalue weighted by atomic mass is 16.3. The van der Waals surface area contributed by atoms with Crippen LogP contribution < -0.4 is 15.1 Å². The molecule has 0 radical (unpaired) electrons. The van der Waals surface area contributed by atoms with Crippen molar-refractivity contribution in [3.63, 3.8) is 0 Å². The van der Waals surface area contributed by atoms with Crippen molar-refractivity contribution in [2.75, 3.05) is 30.1 Å². The van der Waals surface area contributed by atoms with Crippen LogP contribution >= 0.6 is 0 Å². The minimum Gasteiger partial charge on any atom is -0.389 e. The van der Waals surface area contributed by atoms with Crippen LogP contribution in [0, 0.1) is 0 Å². The van der Waals surface area contributed by atoms with Gasteiger partial charge >= 0.3 is 0 Å². The molecule has 1 heterocycles. The van der Waals surface area contributed by atoms with Gasteiger partial charge in [0.25, 0.3) is 0 Å². The van der Waals surface area contributed by atoms with E-state index in [1.54, 1.807) is 0 Å². The van der Waals surface area contributed by atoms with E-state index in [9.17, 15) is 5.11 Å². The summed E-state index contributed by atoms with van der Waals surface area (Å²) in [7, 11) is 1.90. The van der Waals surface area contributed by atoms with Crippen LogP contribution in [0.2, 0.25) is 0 Å². The van der Waals surface area contributed by atoms with Crippen molar-refractivity contribution < 1.29 is 5.11 Å². The van der Waals surface area contributed by atoms with Crippen LogP contribution in [0.3, 0.4) is 0 Å². The molecule has 1 aliphatic heterocycles. The maximum atomic E-state index is 11.0. The summed E-state index contributed by atoms with van der Waals surface area (Å²) < 4.78 is 0. The fourth-order valence-electron chi connectivity index (χ4n) is 4.61. The normalized spacial score (nSPS) is 19.6. The number of para-hydroxylation sites is 2. The van der Waals surface area contributed by atoms with Gasteiger partial charge in [-0.1, -0.05) is 55.3 Å². The SMILES string of the molecule is CNCC(O)C(c1ccccc1)N1CN(C2CCCC2)c2ccccc21. The number of benzene rings is 2. The average Bonchev–Trinajstić information content (AvgIpc) is 3.32. The summed E-state index contributed by atoms with van der Waals surface area (Å²) in [5.74, 6) is 0. The van der Waals surface area contributed by atoms with Gasteiger partial charge in [-0.25, -0.2) is 0 Å². The Hall–Kier alpha value is -2.04. The lowest BCUT2D eigenvalue weighted by Crippen LogP contribution is -2.44. The first-order valence-corrected chi connectivity index (χ1v) is 9.79. The van der Waals surface area contributed by atoms with Gasteiger partial charge in [-0.05, 0) is 37.6 Å². The first-order valence-electron chi connectivity index (χ1n) is 9.79. The molecule has 1 aliphatic carbocycles. The lowest BCUT2D eigenvalue weighted by atomic mass is 9.99. The van der Waals surface area contributed by atoms with Crippen molar-refractivity contribution in [1.82, 2.24) is 5.32 Å². The molecule has 0 aromatic heterocycles. The Labute approximate surface area is 156 Å². The van der Waals surface area contributed by atoms with Crippen molar-refractivity contribution >= 4 is 11.4 Å². The second-order valence-corrected chi connectivity index (χ2v) is 7.49. The zero-order valence-corrected chi connectivity index (χ0v) is 15.5. The Balaban J connectivity index is 1.71. The van der Waals surface area contributed by atoms with Crippen molar-refractivity contribution in [3.8, 4) is 0 Å². The molecule has 4 heteroatoms. The monoisotopic (exact) mass is 351 g/mol. The molecule has 2 aliphatic rings. The van der Waals surface area contributed by atoms with E-state index in [-0.39, 0.29) is 6.04 Å². The van der Waals surface area contributed by atoms with E-state index in [1.165, 1.54) is 42.6 Å². The first-order chi connectivity index (χ1) is 12.8. The topological polar surface area (TPSA) is 38.7 Å². The van der Waals surface area contributed by atoms with E-state index in [1.807, 2.05) is 13.1 Å². The van der Waals surface area contributed by atoms with Crippen molar-refractivity contribution in [2.24, 2.45) is 0 Å². The summed E-state index contributed by atoms with van der Waals surface area (Å²) >= 11 is 0. The van der Waals surface area contributed by atoms with Gasteiger partial charge in [0.1, 0.15) is 0 Å². The molecule has 4 nitrogen and oxygen atoms in total. The van der Waals surface area contributed by atoms with Gasteiger partial charge in [0.15, 0.2) is 0 Å². The number of hydrogen-bond donors (Lipinski definition) is 2. The molecule has 0 amide bonds. The fourth-order valence-corrected chi connectivity index (χ4v) is 4.61. The molecule has 2 aromatic rings. The van der Waals surface area contributed by atoms with Gasteiger partial charge in [0.2, 0.25) is 0 Å². The average molecular weight is 351 g/mol. The zero-order valence-electron chi connectivity index (χ0n) is 15.5. The van der Waals surface area contributed by atoms with Crippen LogP contribution in [0.15, 0.2) is 54.6 Å². The molecule has 0 spiro atoms. The zero-order chi connectivity index (χ0) is 17.9. The number of fused-ring (bicyclic) bond motifs is 1. The number of aliphatic hydroxyl groups excluding tert-OH is 1. The number of rotatable bonds is 6. The Morgan fingerprint density at radius 3 is 2.35 bits per heavy atom. The van der Waals surface area contributed by atoms with Gasteiger partial charge in [0.05, 0.1) is 30.2 Å². The lowest BCUT2D eigenvalue weighted by Gasteiger charge is -2.35. The van der Waals surface area contributed by atoms with Crippen LogP contribution in [-0.2, 0) is 0 Å². The Bertz CT molecular complexity index is 714. The van der Waals surface area contributed by atoms with E-state index in [0.717, 1.165) is 6.67 Å². The molecule has 2 aromatic carbocycles. The predicted molar refractivity (Wildman–Crippen MR) is 108 cm³/mol. The molecule has 0 saturated heterocycles. The number of anilines is 2. The molecule has 1 saturated carbocycles. The Morgan fingerprint density at radius 2 is 1.65 bits per heavy atom. The van der Waals surface area contributed by atoms with E-state index in [2.05, 4.69) is 63.6 Å².